The van der Waals surface area contributed by atoms with Gasteiger partial charge in [0.05, 0.1) is 6.61 Å². The highest BCUT2D eigenvalue weighted by atomic mass is 16.6. The van der Waals surface area contributed by atoms with Gasteiger partial charge in [0.15, 0.2) is 0 Å². The molecule has 0 aliphatic carbocycles. The molecule has 2 N–H and O–H groups in total. The Balaban J connectivity index is 2.43. The van der Waals surface area contributed by atoms with Crippen LogP contribution in [0.1, 0.15) is 5.82 Å². The van der Waals surface area contributed by atoms with E-state index >= 15 is 0 Å². The van der Waals surface area contributed by atoms with Gasteiger partial charge < -0.3 is 4.84 Å². The lowest BCUT2D eigenvalue weighted by Crippen LogP contribution is -2.05. The maximum absolute atomic E-state index is 4.82. The van der Waals surface area contributed by atoms with Gasteiger partial charge in [-0.25, -0.2) is 15.9 Å². The predicted octanol–water partition coefficient (Wildman–Crippen LogP) is -0.0906. The molecule has 0 amide bonds. The first-order chi connectivity index (χ1) is 4.93. The molecule has 0 spiro atoms. The van der Waals surface area contributed by atoms with Crippen molar-refractivity contribution in [2.75, 3.05) is 6.61 Å². The average molecular weight is 139 g/mol. The molecule has 54 valence electrons. The Kier molecular flexibility index (Phi) is 2.79. The van der Waals surface area contributed by atoms with Crippen molar-refractivity contribution >= 4 is 0 Å². The molecular formula is C6H9N3O. The van der Waals surface area contributed by atoms with Gasteiger partial charge in [-0.3, -0.25) is 0 Å². The molecule has 0 aromatic carbocycles. The van der Waals surface area contributed by atoms with Crippen molar-refractivity contribution < 1.29 is 4.84 Å². The number of hydrogen-bond acceptors (Lipinski definition) is 4. The van der Waals surface area contributed by atoms with Crippen molar-refractivity contribution in [3.63, 3.8) is 0 Å². The fourth-order valence-corrected chi connectivity index (χ4v) is 0.609. The van der Waals surface area contributed by atoms with Crippen LogP contribution < -0.4 is 5.90 Å². The number of hydrogen-bond donors (Lipinski definition) is 1. The third kappa shape index (κ3) is 2.08. The van der Waals surface area contributed by atoms with Gasteiger partial charge in [-0.1, -0.05) is 0 Å². The largest absolute Gasteiger partial charge is 0.304 e. The molecule has 4 nitrogen and oxygen atoms in total. The molecule has 10 heavy (non-hydrogen) atoms. The Hall–Kier alpha value is -1.00. The standard InChI is InChI=1S/C6H9N3O/c7-10-5-2-6-8-3-1-4-9-6/h1,3-4H,2,5,7H2. The highest BCUT2D eigenvalue weighted by Gasteiger charge is 1.91. The molecule has 0 unspecified atom stereocenters. The summed E-state index contributed by atoms with van der Waals surface area (Å²) < 4.78 is 0. The summed E-state index contributed by atoms with van der Waals surface area (Å²) in [4.78, 5) is 12.3. The summed E-state index contributed by atoms with van der Waals surface area (Å²) in [6.45, 7) is 0.462. The monoisotopic (exact) mass is 139 g/mol. The van der Waals surface area contributed by atoms with Crippen LogP contribution in [-0.2, 0) is 11.3 Å². The summed E-state index contributed by atoms with van der Waals surface area (Å²) in [5, 5.41) is 0. The third-order valence-corrected chi connectivity index (χ3v) is 1.06. The van der Waals surface area contributed by atoms with Crippen LogP contribution in [0.15, 0.2) is 18.5 Å². The Bertz CT molecular complexity index is 178. The van der Waals surface area contributed by atoms with Crippen LogP contribution in [0.3, 0.4) is 0 Å². The zero-order valence-corrected chi connectivity index (χ0v) is 5.53. The molecule has 0 aliphatic rings. The fraction of sp³-hybridized carbons (Fsp3) is 0.333. The Labute approximate surface area is 59.0 Å². The summed E-state index contributed by atoms with van der Waals surface area (Å²) in [6, 6.07) is 1.77. The van der Waals surface area contributed by atoms with E-state index in [0.717, 1.165) is 5.82 Å². The first-order valence-electron chi connectivity index (χ1n) is 3.01. The normalized spacial score (nSPS) is 9.70. The van der Waals surface area contributed by atoms with Crippen LogP contribution in [-0.4, -0.2) is 16.6 Å². The number of aromatic nitrogens is 2. The average Bonchev–Trinajstić information content (AvgIpc) is 2.03. The van der Waals surface area contributed by atoms with E-state index in [1.807, 2.05) is 0 Å². The summed E-state index contributed by atoms with van der Waals surface area (Å²) >= 11 is 0. The summed E-state index contributed by atoms with van der Waals surface area (Å²) in [6.07, 6.45) is 4.05. The first-order valence-corrected chi connectivity index (χ1v) is 3.01. The topological polar surface area (TPSA) is 61.0 Å². The molecule has 0 saturated heterocycles. The second kappa shape index (κ2) is 3.92. The SMILES string of the molecule is NOCCc1ncccn1. The van der Waals surface area contributed by atoms with Crippen LogP contribution in [0.4, 0.5) is 0 Å². The van der Waals surface area contributed by atoms with Gasteiger partial charge in [-0.2, -0.15) is 0 Å². The van der Waals surface area contributed by atoms with Crippen LogP contribution in [0, 0.1) is 0 Å². The minimum Gasteiger partial charge on any atom is -0.304 e. The molecule has 0 fully saturated rings. The Morgan fingerprint density at radius 3 is 2.70 bits per heavy atom. The molecule has 0 saturated carbocycles. The maximum Gasteiger partial charge on any atom is 0.130 e. The van der Waals surface area contributed by atoms with Gasteiger partial charge >= 0.3 is 0 Å². The van der Waals surface area contributed by atoms with E-state index in [2.05, 4.69) is 14.8 Å². The molecule has 0 bridgehead atoms. The Morgan fingerprint density at radius 1 is 1.40 bits per heavy atom. The molecular weight excluding hydrogens is 130 g/mol. The summed E-state index contributed by atoms with van der Waals surface area (Å²) in [5.74, 6) is 5.58. The molecule has 1 heterocycles. The van der Waals surface area contributed by atoms with Gasteiger partial charge in [0.25, 0.3) is 0 Å². The minimum atomic E-state index is 0.462. The quantitative estimate of drug-likeness (QED) is 0.594. The van der Waals surface area contributed by atoms with Gasteiger partial charge in [-0.15, -0.1) is 0 Å². The van der Waals surface area contributed by atoms with Gasteiger partial charge in [0.1, 0.15) is 5.82 Å². The van der Waals surface area contributed by atoms with Crippen LogP contribution >= 0.6 is 0 Å². The van der Waals surface area contributed by atoms with Crippen molar-refractivity contribution in [1.82, 2.24) is 9.97 Å². The third-order valence-electron chi connectivity index (χ3n) is 1.06. The van der Waals surface area contributed by atoms with E-state index in [4.69, 9.17) is 5.90 Å². The number of rotatable bonds is 3. The van der Waals surface area contributed by atoms with E-state index in [0.29, 0.717) is 13.0 Å². The van der Waals surface area contributed by atoms with Crippen molar-refractivity contribution in [3.05, 3.63) is 24.3 Å². The van der Waals surface area contributed by atoms with Crippen LogP contribution in [0.25, 0.3) is 0 Å². The van der Waals surface area contributed by atoms with Crippen molar-refractivity contribution in [2.24, 2.45) is 5.90 Å². The highest BCUT2D eigenvalue weighted by Crippen LogP contribution is 1.87. The minimum absolute atomic E-state index is 0.462. The van der Waals surface area contributed by atoms with E-state index in [1.54, 1.807) is 18.5 Å². The summed E-state index contributed by atoms with van der Waals surface area (Å²) in [7, 11) is 0. The maximum atomic E-state index is 4.82. The number of nitrogens with two attached hydrogens (primary N) is 1. The van der Waals surface area contributed by atoms with E-state index in [1.165, 1.54) is 0 Å². The van der Waals surface area contributed by atoms with Crippen LogP contribution in [0.5, 0.6) is 0 Å². The Morgan fingerprint density at radius 2 is 2.10 bits per heavy atom. The second-order valence-electron chi connectivity index (χ2n) is 1.79. The lowest BCUT2D eigenvalue weighted by atomic mass is 10.4. The molecule has 0 aliphatic heterocycles. The van der Waals surface area contributed by atoms with Gasteiger partial charge in [0.2, 0.25) is 0 Å². The zero-order valence-electron chi connectivity index (χ0n) is 5.53. The molecule has 0 radical (unpaired) electrons. The summed E-state index contributed by atoms with van der Waals surface area (Å²) in [5.41, 5.74) is 0. The highest BCUT2D eigenvalue weighted by molar-refractivity contribution is 4.88. The molecule has 4 heteroatoms. The smallest absolute Gasteiger partial charge is 0.130 e. The van der Waals surface area contributed by atoms with Crippen molar-refractivity contribution in [3.8, 4) is 0 Å². The lowest BCUT2D eigenvalue weighted by Gasteiger charge is -1.94. The van der Waals surface area contributed by atoms with E-state index < -0.39 is 0 Å². The number of nitrogens with zero attached hydrogens (tertiary/aromatic N) is 2. The van der Waals surface area contributed by atoms with Gasteiger partial charge in [-0.05, 0) is 6.07 Å². The molecule has 0 atom stereocenters. The van der Waals surface area contributed by atoms with E-state index in [-0.39, 0.29) is 0 Å². The first kappa shape index (κ1) is 7.11. The van der Waals surface area contributed by atoms with Gasteiger partial charge in [0, 0.05) is 18.8 Å². The molecule has 1 rings (SSSR count). The molecule has 1 aromatic heterocycles. The second-order valence-corrected chi connectivity index (χ2v) is 1.79. The van der Waals surface area contributed by atoms with Crippen molar-refractivity contribution in [2.45, 2.75) is 6.42 Å². The predicted molar refractivity (Wildman–Crippen MR) is 35.9 cm³/mol. The van der Waals surface area contributed by atoms with E-state index in [9.17, 15) is 0 Å². The fourth-order valence-electron chi connectivity index (χ4n) is 0.609. The molecule has 1 aromatic rings. The lowest BCUT2D eigenvalue weighted by molar-refractivity contribution is 0.140. The van der Waals surface area contributed by atoms with Crippen molar-refractivity contribution in [1.29, 1.82) is 0 Å². The van der Waals surface area contributed by atoms with Crippen LogP contribution in [0.2, 0.25) is 0 Å². The zero-order chi connectivity index (χ0) is 7.23.